The molecule has 0 saturated heterocycles. The minimum Gasteiger partial charge on any atom is -0.383 e. The van der Waals surface area contributed by atoms with E-state index in [9.17, 15) is 0 Å². The highest BCUT2D eigenvalue weighted by Gasteiger charge is 1.97. The van der Waals surface area contributed by atoms with Crippen LogP contribution < -0.4 is 10.6 Å². The van der Waals surface area contributed by atoms with E-state index in [1.165, 1.54) is 4.90 Å². The summed E-state index contributed by atoms with van der Waals surface area (Å²) in [6, 6.07) is 7.86. The van der Waals surface area contributed by atoms with Crippen molar-refractivity contribution in [2.75, 3.05) is 39.6 Å². The van der Waals surface area contributed by atoms with Crippen LogP contribution in [-0.2, 0) is 4.74 Å². The molecule has 0 radical (unpaired) electrons. The summed E-state index contributed by atoms with van der Waals surface area (Å²) in [4.78, 5) is 5.34. The van der Waals surface area contributed by atoms with Crippen LogP contribution in [0.1, 0.15) is 0 Å². The number of hydrogen-bond acceptors (Lipinski definition) is 3. The van der Waals surface area contributed by atoms with E-state index in [2.05, 4.69) is 15.6 Å². The van der Waals surface area contributed by atoms with Gasteiger partial charge in [-0.05, 0) is 24.3 Å². The average molecular weight is 302 g/mol. The van der Waals surface area contributed by atoms with E-state index >= 15 is 0 Å². The lowest BCUT2D eigenvalue weighted by Gasteiger charge is -2.11. The number of benzene rings is 1. The molecule has 0 saturated carbocycles. The third-order valence-electron chi connectivity index (χ3n) is 2.30. The zero-order chi connectivity index (χ0) is 13.9. The van der Waals surface area contributed by atoms with Crippen LogP contribution in [0.3, 0.4) is 0 Å². The van der Waals surface area contributed by atoms with E-state index in [1.807, 2.05) is 24.3 Å². The van der Waals surface area contributed by atoms with E-state index in [0.717, 1.165) is 29.8 Å². The van der Waals surface area contributed by atoms with E-state index in [-0.39, 0.29) is 0 Å². The van der Waals surface area contributed by atoms with Gasteiger partial charge in [0.1, 0.15) is 0 Å². The number of nitrogens with one attached hydrogen (secondary N) is 2. The fraction of sp³-hybridized carbons (Fsp3) is 0.462. The fourth-order valence-electron chi connectivity index (χ4n) is 1.36. The van der Waals surface area contributed by atoms with Crippen molar-refractivity contribution < 1.29 is 4.74 Å². The molecule has 0 aliphatic heterocycles. The Morgan fingerprint density at radius 1 is 1.26 bits per heavy atom. The van der Waals surface area contributed by atoms with Crippen LogP contribution in [0.15, 0.2) is 34.2 Å². The molecule has 2 N–H and O–H groups in total. The monoisotopic (exact) mass is 301 g/mol. The largest absolute Gasteiger partial charge is 0.383 e. The Bertz CT molecular complexity index is 384. The molecule has 0 unspecified atom stereocenters. The Morgan fingerprint density at radius 2 is 1.95 bits per heavy atom. The highest BCUT2D eigenvalue weighted by atomic mass is 35.5. The van der Waals surface area contributed by atoms with Gasteiger partial charge in [-0.3, -0.25) is 4.99 Å². The minimum absolute atomic E-state index is 0.667. The van der Waals surface area contributed by atoms with Crippen LogP contribution in [0, 0.1) is 0 Å². The van der Waals surface area contributed by atoms with Gasteiger partial charge < -0.3 is 15.4 Å². The molecule has 0 heterocycles. The van der Waals surface area contributed by atoms with Gasteiger partial charge in [-0.15, -0.1) is 11.8 Å². The van der Waals surface area contributed by atoms with Crippen LogP contribution in [-0.4, -0.2) is 45.6 Å². The first-order chi connectivity index (χ1) is 9.26. The van der Waals surface area contributed by atoms with Gasteiger partial charge in [-0.1, -0.05) is 11.6 Å². The average Bonchev–Trinajstić information content (AvgIpc) is 2.43. The third-order valence-corrected chi connectivity index (χ3v) is 3.56. The predicted octanol–water partition coefficient (Wildman–Crippen LogP) is 2.24. The maximum Gasteiger partial charge on any atom is 0.191 e. The summed E-state index contributed by atoms with van der Waals surface area (Å²) in [5, 5.41) is 7.18. The maximum atomic E-state index is 5.84. The normalized spacial score (nSPS) is 11.4. The zero-order valence-electron chi connectivity index (χ0n) is 11.3. The topological polar surface area (TPSA) is 45.7 Å². The number of aliphatic imine (C=N–C) groups is 1. The summed E-state index contributed by atoms with van der Waals surface area (Å²) in [6.45, 7) is 2.26. The molecule has 0 spiro atoms. The highest BCUT2D eigenvalue weighted by molar-refractivity contribution is 7.99. The van der Waals surface area contributed by atoms with E-state index in [0.29, 0.717) is 6.61 Å². The van der Waals surface area contributed by atoms with Gasteiger partial charge in [-0.2, -0.15) is 0 Å². The summed E-state index contributed by atoms with van der Waals surface area (Å²) in [6.07, 6.45) is 0. The third kappa shape index (κ3) is 7.30. The summed E-state index contributed by atoms with van der Waals surface area (Å²) in [5.41, 5.74) is 0. The first-order valence-corrected chi connectivity index (χ1v) is 7.44. The SMILES string of the molecule is CN=C(NCCOC)NCCSc1ccc(Cl)cc1. The Balaban J connectivity index is 2.16. The molecule has 0 bridgehead atoms. The van der Waals surface area contributed by atoms with E-state index < -0.39 is 0 Å². The van der Waals surface area contributed by atoms with Gasteiger partial charge in [0, 0.05) is 42.9 Å². The number of rotatable bonds is 7. The molecular weight excluding hydrogens is 282 g/mol. The Morgan fingerprint density at radius 3 is 2.58 bits per heavy atom. The Labute approximate surface area is 124 Å². The molecule has 1 rings (SSSR count). The number of thioether (sulfide) groups is 1. The summed E-state index contributed by atoms with van der Waals surface area (Å²) < 4.78 is 4.97. The fourth-order valence-corrected chi connectivity index (χ4v) is 2.26. The van der Waals surface area contributed by atoms with Crippen molar-refractivity contribution in [3.05, 3.63) is 29.3 Å². The van der Waals surface area contributed by atoms with Gasteiger partial charge in [0.2, 0.25) is 0 Å². The number of hydrogen-bond donors (Lipinski definition) is 2. The number of methoxy groups -OCH3 is 1. The standard InChI is InChI=1S/C13H20ClN3OS/c1-15-13(16-7-9-18-2)17-8-10-19-12-5-3-11(14)4-6-12/h3-6H,7-10H2,1-2H3,(H2,15,16,17). The number of nitrogens with zero attached hydrogens (tertiary/aromatic N) is 1. The van der Waals surface area contributed by atoms with Crippen molar-refractivity contribution in [2.24, 2.45) is 4.99 Å². The second kappa shape index (κ2) is 9.95. The summed E-state index contributed by atoms with van der Waals surface area (Å²) in [7, 11) is 3.44. The molecule has 4 nitrogen and oxygen atoms in total. The van der Waals surface area contributed by atoms with Crippen molar-refractivity contribution in [1.29, 1.82) is 0 Å². The molecule has 1 aromatic rings. The summed E-state index contributed by atoms with van der Waals surface area (Å²) in [5.74, 6) is 1.76. The summed E-state index contributed by atoms with van der Waals surface area (Å²) >= 11 is 7.62. The van der Waals surface area contributed by atoms with Crippen molar-refractivity contribution in [3.8, 4) is 0 Å². The first kappa shape index (κ1) is 16.1. The quantitative estimate of drug-likeness (QED) is 0.351. The highest BCUT2D eigenvalue weighted by Crippen LogP contribution is 2.19. The second-order valence-electron chi connectivity index (χ2n) is 3.72. The molecule has 106 valence electrons. The van der Waals surface area contributed by atoms with Gasteiger partial charge in [0.25, 0.3) is 0 Å². The molecule has 6 heteroatoms. The van der Waals surface area contributed by atoms with E-state index in [1.54, 1.807) is 25.9 Å². The van der Waals surface area contributed by atoms with Crippen LogP contribution in [0.5, 0.6) is 0 Å². The number of halogens is 1. The van der Waals surface area contributed by atoms with Crippen LogP contribution in [0.25, 0.3) is 0 Å². The van der Waals surface area contributed by atoms with Crippen LogP contribution >= 0.6 is 23.4 Å². The molecule has 1 aromatic carbocycles. The van der Waals surface area contributed by atoms with Gasteiger partial charge in [-0.25, -0.2) is 0 Å². The van der Waals surface area contributed by atoms with Crippen molar-refractivity contribution in [1.82, 2.24) is 10.6 Å². The number of guanidine groups is 1. The first-order valence-electron chi connectivity index (χ1n) is 6.08. The smallest absolute Gasteiger partial charge is 0.191 e. The van der Waals surface area contributed by atoms with Crippen molar-refractivity contribution >= 4 is 29.3 Å². The molecule has 0 atom stereocenters. The molecule has 0 aromatic heterocycles. The lowest BCUT2D eigenvalue weighted by atomic mass is 10.4. The molecule has 0 fully saturated rings. The predicted molar refractivity (Wildman–Crippen MR) is 83.4 cm³/mol. The number of ether oxygens (including phenoxy) is 1. The van der Waals surface area contributed by atoms with Crippen LogP contribution in [0.4, 0.5) is 0 Å². The van der Waals surface area contributed by atoms with Gasteiger partial charge in [0.15, 0.2) is 5.96 Å². The van der Waals surface area contributed by atoms with Gasteiger partial charge in [0.05, 0.1) is 6.61 Å². The van der Waals surface area contributed by atoms with E-state index in [4.69, 9.17) is 16.3 Å². The molecule has 19 heavy (non-hydrogen) atoms. The van der Waals surface area contributed by atoms with Crippen molar-refractivity contribution in [3.63, 3.8) is 0 Å². The second-order valence-corrected chi connectivity index (χ2v) is 5.33. The maximum absolute atomic E-state index is 5.84. The van der Waals surface area contributed by atoms with Crippen LogP contribution in [0.2, 0.25) is 5.02 Å². The molecular formula is C13H20ClN3OS. The minimum atomic E-state index is 0.667. The van der Waals surface area contributed by atoms with Crippen molar-refractivity contribution in [2.45, 2.75) is 4.90 Å². The lowest BCUT2D eigenvalue weighted by Crippen LogP contribution is -2.39. The molecule has 0 aliphatic carbocycles. The zero-order valence-corrected chi connectivity index (χ0v) is 12.9. The van der Waals surface area contributed by atoms with Gasteiger partial charge >= 0.3 is 0 Å². The molecule has 0 aliphatic rings. The Kier molecular flexibility index (Phi) is 8.45. The Hall–Kier alpha value is -0.910. The lowest BCUT2D eigenvalue weighted by molar-refractivity contribution is 0.203. The molecule has 0 amide bonds.